The molecule has 0 aromatic carbocycles. The van der Waals surface area contributed by atoms with Crippen LogP contribution in [0.4, 0.5) is 5.82 Å². The maximum atomic E-state index is 13.5. The molecule has 4 aromatic heterocycles. The number of fused-ring (bicyclic) bond motifs is 3. The van der Waals surface area contributed by atoms with E-state index >= 15 is 0 Å². The summed E-state index contributed by atoms with van der Waals surface area (Å²) in [5, 5.41) is 6.39. The van der Waals surface area contributed by atoms with Crippen molar-refractivity contribution in [3.05, 3.63) is 49.3 Å². The number of carbonyl (C=O) groups excluding carboxylic acids is 1. The fraction of sp³-hybridized carbons (Fsp3) is 0.381. The van der Waals surface area contributed by atoms with E-state index in [-0.39, 0.29) is 29.2 Å². The van der Waals surface area contributed by atoms with E-state index in [0.717, 1.165) is 43.2 Å². The molecule has 36 heavy (non-hydrogen) atoms. The number of aryl methyl sites for hydroxylation is 3. The van der Waals surface area contributed by atoms with Gasteiger partial charge >= 0.3 is 0 Å². The standard InChI is InChI=1S/C21H22ClN7O4S3/c1-10-19(34-11(2)23-10)18-17-13(24-21-29(17)26-12(3)35-21)7-8-28(18)16(30)9-33-14-5-6-15(25-20(14)22)27-36(4,31)32/h5-6,18H,7-9H2,1-4H3,(H,25,27). The first-order valence-corrected chi connectivity index (χ1v) is 14.8. The van der Waals surface area contributed by atoms with Crippen LogP contribution in [0.2, 0.25) is 5.15 Å². The molecule has 0 spiro atoms. The SMILES string of the molecule is Cc1nc(C)c(C2c3c(nc4sc(C)nn34)CCN2C(=O)COc2ccc(NS(C)(=O)=O)nc2Cl)s1. The van der Waals surface area contributed by atoms with Crippen molar-refractivity contribution in [2.24, 2.45) is 0 Å². The van der Waals surface area contributed by atoms with Crippen LogP contribution in [0, 0.1) is 20.8 Å². The molecule has 11 nitrogen and oxygen atoms in total. The highest BCUT2D eigenvalue weighted by Crippen LogP contribution is 2.40. The van der Waals surface area contributed by atoms with Gasteiger partial charge in [0.2, 0.25) is 15.0 Å². The number of ether oxygens (including phenoxy) is 1. The molecule has 0 saturated heterocycles. The molecule has 1 atom stereocenters. The van der Waals surface area contributed by atoms with Crippen molar-refractivity contribution in [3.63, 3.8) is 0 Å². The predicted octanol–water partition coefficient (Wildman–Crippen LogP) is 3.15. The molecule has 1 N–H and O–H groups in total. The van der Waals surface area contributed by atoms with Crippen molar-refractivity contribution in [2.45, 2.75) is 33.2 Å². The molecule has 1 aliphatic rings. The number of nitrogens with zero attached hydrogens (tertiary/aromatic N) is 6. The second-order valence-electron chi connectivity index (χ2n) is 8.33. The van der Waals surface area contributed by atoms with Crippen molar-refractivity contribution in [1.29, 1.82) is 0 Å². The van der Waals surface area contributed by atoms with Crippen LogP contribution in [0.15, 0.2) is 12.1 Å². The molecule has 5 rings (SSSR count). The van der Waals surface area contributed by atoms with Gasteiger partial charge < -0.3 is 9.64 Å². The second kappa shape index (κ2) is 9.25. The Labute approximate surface area is 220 Å². The Kier molecular flexibility index (Phi) is 6.39. The number of anilines is 1. The minimum absolute atomic E-state index is 0.0571. The zero-order valence-corrected chi connectivity index (χ0v) is 23.0. The molecular weight excluding hydrogens is 546 g/mol. The van der Waals surface area contributed by atoms with Gasteiger partial charge in [-0.3, -0.25) is 9.52 Å². The van der Waals surface area contributed by atoms with Gasteiger partial charge in [-0.05, 0) is 32.9 Å². The van der Waals surface area contributed by atoms with E-state index in [9.17, 15) is 13.2 Å². The molecule has 1 aliphatic heterocycles. The number of rotatable bonds is 6. The molecule has 0 bridgehead atoms. The van der Waals surface area contributed by atoms with Crippen LogP contribution in [0.25, 0.3) is 4.96 Å². The summed E-state index contributed by atoms with van der Waals surface area (Å²) in [7, 11) is -3.50. The number of hydrogen-bond donors (Lipinski definition) is 1. The van der Waals surface area contributed by atoms with Crippen LogP contribution in [0.3, 0.4) is 0 Å². The molecular formula is C21H22ClN7O4S3. The van der Waals surface area contributed by atoms with Crippen LogP contribution < -0.4 is 9.46 Å². The number of carbonyl (C=O) groups is 1. The highest BCUT2D eigenvalue weighted by Gasteiger charge is 2.38. The van der Waals surface area contributed by atoms with Crippen molar-refractivity contribution >= 4 is 61.0 Å². The average Bonchev–Trinajstić information content (AvgIpc) is 3.41. The molecule has 15 heteroatoms. The first-order chi connectivity index (χ1) is 17.0. The van der Waals surface area contributed by atoms with E-state index in [1.807, 2.05) is 25.3 Å². The lowest BCUT2D eigenvalue weighted by Gasteiger charge is -2.34. The summed E-state index contributed by atoms with van der Waals surface area (Å²) in [5.41, 5.74) is 2.66. The maximum Gasteiger partial charge on any atom is 0.261 e. The summed E-state index contributed by atoms with van der Waals surface area (Å²) in [5.74, 6) is -0.0124. The molecule has 0 saturated carbocycles. The molecule has 0 aliphatic carbocycles. The Hall–Kier alpha value is -2.81. The van der Waals surface area contributed by atoms with Crippen molar-refractivity contribution in [3.8, 4) is 5.75 Å². The molecule has 190 valence electrons. The lowest BCUT2D eigenvalue weighted by molar-refractivity contribution is -0.135. The van der Waals surface area contributed by atoms with E-state index in [2.05, 4.69) is 19.8 Å². The number of hydrogen-bond acceptors (Lipinski definition) is 10. The number of imidazole rings is 1. The first kappa shape index (κ1) is 24.9. The topological polar surface area (TPSA) is 132 Å². The van der Waals surface area contributed by atoms with Crippen LogP contribution in [-0.4, -0.2) is 63.2 Å². The number of sulfonamides is 1. The third kappa shape index (κ3) is 4.77. The number of pyridine rings is 1. The molecule has 1 amide bonds. The minimum Gasteiger partial charge on any atom is -0.481 e. The molecule has 0 radical (unpaired) electrons. The minimum atomic E-state index is -3.50. The Morgan fingerprint density at radius 2 is 1.97 bits per heavy atom. The molecule has 5 heterocycles. The zero-order valence-electron chi connectivity index (χ0n) is 19.8. The van der Waals surface area contributed by atoms with Crippen LogP contribution >= 0.6 is 34.3 Å². The van der Waals surface area contributed by atoms with Crippen molar-refractivity contribution in [2.75, 3.05) is 24.1 Å². The summed E-state index contributed by atoms with van der Waals surface area (Å²) in [6, 6.07) is 2.49. The molecule has 4 aromatic rings. The smallest absolute Gasteiger partial charge is 0.261 e. The van der Waals surface area contributed by atoms with E-state index in [0.29, 0.717) is 13.0 Å². The maximum absolute atomic E-state index is 13.5. The van der Waals surface area contributed by atoms with E-state index in [4.69, 9.17) is 21.3 Å². The van der Waals surface area contributed by atoms with Gasteiger partial charge in [-0.25, -0.2) is 27.9 Å². The van der Waals surface area contributed by atoms with Crippen LogP contribution in [-0.2, 0) is 21.2 Å². The lowest BCUT2D eigenvalue weighted by Crippen LogP contribution is -2.43. The fourth-order valence-corrected chi connectivity index (χ4v) is 6.71. The lowest BCUT2D eigenvalue weighted by atomic mass is 10.00. The Bertz CT molecular complexity index is 1590. The second-order valence-corrected chi connectivity index (χ2v) is 12.8. The molecule has 1 unspecified atom stereocenters. The first-order valence-electron chi connectivity index (χ1n) is 10.9. The third-order valence-electron chi connectivity index (χ3n) is 5.54. The fourth-order valence-electron chi connectivity index (χ4n) is 4.20. The van der Waals surface area contributed by atoms with Gasteiger partial charge in [-0.1, -0.05) is 22.9 Å². The van der Waals surface area contributed by atoms with Gasteiger partial charge in [0.25, 0.3) is 5.91 Å². The van der Waals surface area contributed by atoms with Crippen LogP contribution in [0.1, 0.15) is 38.0 Å². The van der Waals surface area contributed by atoms with Gasteiger partial charge in [0.05, 0.1) is 33.2 Å². The Morgan fingerprint density at radius 1 is 1.19 bits per heavy atom. The number of amides is 1. The monoisotopic (exact) mass is 567 g/mol. The number of thiazole rings is 1. The van der Waals surface area contributed by atoms with Crippen molar-refractivity contribution < 1.29 is 17.9 Å². The van der Waals surface area contributed by atoms with Gasteiger partial charge in [0.1, 0.15) is 16.9 Å². The average molecular weight is 568 g/mol. The Balaban J connectivity index is 1.44. The van der Waals surface area contributed by atoms with E-state index in [1.165, 1.54) is 23.5 Å². The zero-order chi connectivity index (χ0) is 25.8. The third-order valence-corrected chi connectivity index (χ3v) is 8.34. The molecule has 0 fully saturated rings. The van der Waals surface area contributed by atoms with E-state index < -0.39 is 16.1 Å². The quantitative estimate of drug-likeness (QED) is 0.351. The van der Waals surface area contributed by atoms with Gasteiger partial charge in [0.15, 0.2) is 17.5 Å². The normalized spacial score (nSPS) is 15.8. The highest BCUT2D eigenvalue weighted by molar-refractivity contribution is 7.92. The summed E-state index contributed by atoms with van der Waals surface area (Å²) < 4.78 is 32.6. The summed E-state index contributed by atoms with van der Waals surface area (Å²) in [4.78, 5) is 30.4. The van der Waals surface area contributed by atoms with Gasteiger partial charge in [0, 0.05) is 13.0 Å². The Morgan fingerprint density at radius 3 is 2.64 bits per heavy atom. The number of aromatic nitrogens is 5. The van der Waals surface area contributed by atoms with E-state index in [1.54, 1.807) is 16.2 Å². The van der Waals surface area contributed by atoms with Crippen molar-refractivity contribution in [1.82, 2.24) is 29.5 Å². The van der Waals surface area contributed by atoms with Gasteiger partial charge in [-0.2, -0.15) is 5.10 Å². The van der Waals surface area contributed by atoms with Crippen LogP contribution in [0.5, 0.6) is 5.75 Å². The number of halogens is 1. The predicted molar refractivity (Wildman–Crippen MR) is 138 cm³/mol. The number of nitrogens with one attached hydrogen (secondary N) is 1. The summed E-state index contributed by atoms with van der Waals surface area (Å²) in [6.45, 7) is 5.99. The largest absolute Gasteiger partial charge is 0.481 e. The summed E-state index contributed by atoms with van der Waals surface area (Å²) >= 11 is 9.23. The highest BCUT2D eigenvalue weighted by atomic mass is 35.5. The summed E-state index contributed by atoms with van der Waals surface area (Å²) in [6.07, 6.45) is 1.61. The van der Waals surface area contributed by atoms with Gasteiger partial charge in [-0.15, -0.1) is 11.3 Å².